The molecule has 0 spiro atoms. The first kappa shape index (κ1) is 24.3. The Morgan fingerprint density at radius 1 is 0.771 bits per heavy atom. The maximum Gasteiger partial charge on any atom is 0.357 e. The second-order valence-electron chi connectivity index (χ2n) is 7.57. The molecule has 35 heavy (non-hydrogen) atoms. The fourth-order valence-electron chi connectivity index (χ4n) is 3.43. The van der Waals surface area contributed by atoms with Crippen molar-refractivity contribution in [3.63, 3.8) is 0 Å². The number of benzene rings is 3. The van der Waals surface area contributed by atoms with Gasteiger partial charge in [0.1, 0.15) is 0 Å². The van der Waals surface area contributed by atoms with Gasteiger partial charge in [-0.05, 0) is 29.8 Å². The summed E-state index contributed by atoms with van der Waals surface area (Å²) in [6, 6.07) is 22.2. The number of aliphatic hydroxyl groups excluding tert-OH is 1. The SMILES string of the molecule is O=C(O)c1nc(-c2ccc(Cl)cc2)c(-c2ccc(Cl)cc2)nc1C(=O)NCC(O)c1ccccc1. The van der Waals surface area contributed by atoms with Gasteiger partial charge in [-0.15, -0.1) is 0 Å². The summed E-state index contributed by atoms with van der Waals surface area (Å²) in [5, 5.41) is 23.8. The predicted octanol–water partition coefficient (Wildman–Crippen LogP) is 5.28. The Hall–Kier alpha value is -3.78. The number of nitrogens with zero attached hydrogens (tertiary/aromatic N) is 2. The molecule has 0 bridgehead atoms. The maximum absolute atomic E-state index is 13.0. The molecule has 1 amide bonds. The number of hydrogen-bond acceptors (Lipinski definition) is 5. The second-order valence-corrected chi connectivity index (χ2v) is 8.45. The predicted molar refractivity (Wildman–Crippen MR) is 134 cm³/mol. The van der Waals surface area contributed by atoms with E-state index >= 15 is 0 Å². The van der Waals surface area contributed by atoms with Gasteiger partial charge in [0.05, 0.1) is 17.5 Å². The number of aromatic nitrogens is 2. The number of carboxylic acids is 1. The first-order valence-corrected chi connectivity index (χ1v) is 11.3. The van der Waals surface area contributed by atoms with Crippen LogP contribution in [-0.2, 0) is 0 Å². The van der Waals surface area contributed by atoms with Crippen molar-refractivity contribution in [3.05, 3.63) is 106 Å². The van der Waals surface area contributed by atoms with Crippen LogP contribution in [0.2, 0.25) is 10.0 Å². The van der Waals surface area contributed by atoms with Crippen molar-refractivity contribution >= 4 is 35.1 Å². The average Bonchev–Trinajstić information content (AvgIpc) is 2.87. The summed E-state index contributed by atoms with van der Waals surface area (Å²) in [6.45, 7) is -0.140. The minimum atomic E-state index is -1.41. The molecular formula is C26H19Cl2N3O4. The number of hydrogen-bond donors (Lipinski definition) is 3. The number of rotatable bonds is 7. The molecule has 7 nitrogen and oxygen atoms in total. The van der Waals surface area contributed by atoms with Crippen LogP contribution in [0.1, 0.15) is 32.6 Å². The Morgan fingerprint density at radius 3 is 1.74 bits per heavy atom. The number of amides is 1. The average molecular weight is 508 g/mol. The van der Waals surface area contributed by atoms with Gasteiger partial charge < -0.3 is 15.5 Å². The van der Waals surface area contributed by atoms with Crippen LogP contribution in [0.3, 0.4) is 0 Å². The molecule has 1 unspecified atom stereocenters. The van der Waals surface area contributed by atoms with Crippen LogP contribution < -0.4 is 5.32 Å². The molecule has 4 aromatic rings. The molecule has 0 radical (unpaired) electrons. The van der Waals surface area contributed by atoms with Gasteiger partial charge in [0.2, 0.25) is 0 Å². The summed E-state index contributed by atoms with van der Waals surface area (Å²) in [5.41, 5.74) is 1.44. The first-order chi connectivity index (χ1) is 16.8. The smallest absolute Gasteiger partial charge is 0.357 e. The molecule has 176 valence electrons. The lowest BCUT2D eigenvalue weighted by Crippen LogP contribution is -2.31. The fraction of sp³-hybridized carbons (Fsp3) is 0.0769. The van der Waals surface area contributed by atoms with E-state index in [1.54, 1.807) is 72.8 Å². The summed E-state index contributed by atoms with van der Waals surface area (Å²) in [4.78, 5) is 33.8. The van der Waals surface area contributed by atoms with Crippen LogP contribution in [-0.4, -0.2) is 38.6 Å². The van der Waals surface area contributed by atoms with E-state index in [0.717, 1.165) is 0 Å². The second kappa shape index (κ2) is 10.7. The van der Waals surface area contributed by atoms with E-state index in [-0.39, 0.29) is 17.9 Å². The minimum Gasteiger partial charge on any atom is -0.476 e. The van der Waals surface area contributed by atoms with Crippen LogP contribution in [0, 0.1) is 0 Å². The molecule has 0 saturated carbocycles. The van der Waals surface area contributed by atoms with E-state index in [0.29, 0.717) is 32.4 Å². The van der Waals surface area contributed by atoms with E-state index in [1.807, 2.05) is 6.07 Å². The Balaban J connectivity index is 1.77. The number of carbonyl (C=O) groups excluding carboxylic acids is 1. The van der Waals surface area contributed by atoms with Gasteiger partial charge in [-0.25, -0.2) is 14.8 Å². The minimum absolute atomic E-state index is 0.140. The van der Waals surface area contributed by atoms with E-state index in [4.69, 9.17) is 23.2 Å². The summed E-state index contributed by atoms with van der Waals surface area (Å²) >= 11 is 12.0. The fourth-order valence-corrected chi connectivity index (χ4v) is 3.68. The highest BCUT2D eigenvalue weighted by Crippen LogP contribution is 2.31. The third-order valence-electron chi connectivity index (χ3n) is 5.19. The monoisotopic (exact) mass is 507 g/mol. The summed E-state index contributed by atoms with van der Waals surface area (Å²) in [7, 11) is 0. The Morgan fingerprint density at radius 2 is 1.26 bits per heavy atom. The molecule has 0 aliphatic rings. The van der Waals surface area contributed by atoms with Crippen LogP contribution in [0.4, 0.5) is 0 Å². The first-order valence-electron chi connectivity index (χ1n) is 10.5. The van der Waals surface area contributed by atoms with Gasteiger partial charge >= 0.3 is 5.97 Å². The van der Waals surface area contributed by atoms with Crippen molar-refractivity contribution in [2.45, 2.75) is 6.10 Å². The third-order valence-corrected chi connectivity index (χ3v) is 5.69. The van der Waals surface area contributed by atoms with Gasteiger partial charge in [-0.1, -0.05) is 77.8 Å². The van der Waals surface area contributed by atoms with Crippen LogP contribution in [0.25, 0.3) is 22.5 Å². The van der Waals surface area contributed by atoms with Crippen molar-refractivity contribution < 1.29 is 19.8 Å². The highest BCUT2D eigenvalue weighted by Gasteiger charge is 2.25. The lowest BCUT2D eigenvalue weighted by atomic mass is 10.0. The Bertz CT molecular complexity index is 1360. The normalized spacial score (nSPS) is 11.6. The molecule has 0 aliphatic carbocycles. The number of halogens is 2. The Labute approximate surface area is 211 Å². The molecule has 9 heteroatoms. The van der Waals surface area contributed by atoms with Gasteiger partial charge in [-0.3, -0.25) is 4.79 Å². The van der Waals surface area contributed by atoms with Gasteiger partial charge in [0.25, 0.3) is 5.91 Å². The zero-order valence-corrected chi connectivity index (χ0v) is 19.7. The molecule has 1 aromatic heterocycles. The summed E-state index contributed by atoms with van der Waals surface area (Å²) < 4.78 is 0. The van der Waals surface area contributed by atoms with Crippen molar-refractivity contribution in [1.82, 2.24) is 15.3 Å². The maximum atomic E-state index is 13.0. The van der Waals surface area contributed by atoms with Crippen molar-refractivity contribution in [1.29, 1.82) is 0 Å². The summed E-state index contributed by atoms with van der Waals surface area (Å²) in [5.74, 6) is -2.19. The van der Waals surface area contributed by atoms with E-state index in [9.17, 15) is 19.8 Å². The van der Waals surface area contributed by atoms with E-state index in [1.165, 1.54) is 0 Å². The highest BCUT2D eigenvalue weighted by molar-refractivity contribution is 6.31. The van der Waals surface area contributed by atoms with Crippen molar-refractivity contribution in [3.8, 4) is 22.5 Å². The van der Waals surface area contributed by atoms with Gasteiger partial charge in [0.15, 0.2) is 11.4 Å². The van der Waals surface area contributed by atoms with Crippen LogP contribution in [0.15, 0.2) is 78.9 Å². The molecule has 0 fully saturated rings. The lowest BCUT2D eigenvalue weighted by Gasteiger charge is -2.15. The number of carbonyl (C=O) groups is 2. The molecule has 1 atom stereocenters. The highest BCUT2D eigenvalue weighted by atomic mass is 35.5. The molecule has 1 heterocycles. The van der Waals surface area contributed by atoms with Gasteiger partial charge in [0, 0.05) is 27.7 Å². The third kappa shape index (κ3) is 5.66. The van der Waals surface area contributed by atoms with E-state index < -0.39 is 23.7 Å². The number of aliphatic hydroxyl groups is 1. The molecule has 0 aliphatic heterocycles. The number of nitrogens with one attached hydrogen (secondary N) is 1. The molecule has 3 aromatic carbocycles. The topological polar surface area (TPSA) is 112 Å². The quantitative estimate of drug-likeness (QED) is 0.313. The molecule has 4 rings (SSSR count). The number of carboxylic acid groups (broad SMARTS) is 1. The largest absolute Gasteiger partial charge is 0.476 e. The molecule has 3 N–H and O–H groups in total. The zero-order chi connectivity index (χ0) is 24.9. The van der Waals surface area contributed by atoms with Crippen LogP contribution in [0.5, 0.6) is 0 Å². The Kier molecular flexibility index (Phi) is 7.41. The van der Waals surface area contributed by atoms with Crippen molar-refractivity contribution in [2.24, 2.45) is 0 Å². The summed E-state index contributed by atoms with van der Waals surface area (Å²) in [6.07, 6.45) is -0.981. The van der Waals surface area contributed by atoms with E-state index in [2.05, 4.69) is 15.3 Å². The number of aromatic carboxylic acids is 1. The lowest BCUT2D eigenvalue weighted by molar-refractivity contribution is 0.0682. The standard InChI is InChI=1S/C26H19Cl2N3O4/c27-18-10-6-16(7-11-18)21-22(17-8-12-19(28)13-9-17)31-24(26(34)35)23(30-21)25(33)29-14-20(32)15-4-2-1-3-5-15/h1-13,20,32H,14H2,(H,29,33)(H,34,35). The molecular weight excluding hydrogens is 489 g/mol. The molecule has 0 saturated heterocycles. The zero-order valence-electron chi connectivity index (χ0n) is 18.2. The van der Waals surface area contributed by atoms with Crippen LogP contribution >= 0.6 is 23.2 Å². The van der Waals surface area contributed by atoms with Gasteiger partial charge in [-0.2, -0.15) is 0 Å². The van der Waals surface area contributed by atoms with Crippen molar-refractivity contribution in [2.75, 3.05) is 6.54 Å².